The molecule has 4 aromatic rings. The molecular formula is C29H34N6O4S. The van der Waals surface area contributed by atoms with Gasteiger partial charge in [-0.25, -0.2) is 9.48 Å². The van der Waals surface area contributed by atoms with Crippen LogP contribution in [0, 0.1) is 5.92 Å². The quantitative estimate of drug-likeness (QED) is 0.283. The average Bonchev–Trinajstić information content (AvgIpc) is 3.56. The van der Waals surface area contributed by atoms with Crippen molar-refractivity contribution in [3.63, 3.8) is 0 Å². The zero-order chi connectivity index (χ0) is 28.9. The summed E-state index contributed by atoms with van der Waals surface area (Å²) in [4.78, 5) is 41.4. The van der Waals surface area contributed by atoms with Gasteiger partial charge in [0.25, 0.3) is 0 Å². The van der Waals surface area contributed by atoms with Crippen molar-refractivity contribution in [3.8, 4) is 0 Å². The topological polar surface area (TPSA) is 118 Å². The highest BCUT2D eigenvalue weighted by atomic mass is 32.1. The number of nitrogens with zero attached hydrogens (tertiary/aromatic N) is 4. The molecule has 3 amide bonds. The van der Waals surface area contributed by atoms with Crippen LogP contribution >= 0.6 is 11.3 Å². The van der Waals surface area contributed by atoms with E-state index in [9.17, 15) is 14.4 Å². The molecule has 0 saturated carbocycles. The van der Waals surface area contributed by atoms with Crippen LogP contribution in [0.15, 0.2) is 65.4 Å². The minimum absolute atomic E-state index is 0.133. The Hall–Kier alpha value is -4.25. The maximum Gasteiger partial charge on any atom is 0.411 e. The van der Waals surface area contributed by atoms with Gasteiger partial charge in [0.2, 0.25) is 11.8 Å². The third-order valence-corrected chi connectivity index (χ3v) is 6.48. The number of ether oxygens (including phenoxy) is 1. The molecule has 0 saturated heterocycles. The number of hydrogen-bond acceptors (Lipinski definition) is 7. The number of fused-ring (bicyclic) bond motifs is 1. The van der Waals surface area contributed by atoms with E-state index < -0.39 is 17.7 Å². The van der Waals surface area contributed by atoms with Crippen LogP contribution in [0.25, 0.3) is 11.0 Å². The highest BCUT2D eigenvalue weighted by Gasteiger charge is 2.35. The number of anilines is 2. The molecule has 0 bridgehead atoms. The molecule has 2 aromatic heterocycles. The highest BCUT2D eigenvalue weighted by Crippen LogP contribution is 2.31. The van der Waals surface area contributed by atoms with Gasteiger partial charge in [-0.1, -0.05) is 31.2 Å². The van der Waals surface area contributed by atoms with Gasteiger partial charge in [-0.15, -0.1) is 5.10 Å². The molecule has 2 aromatic carbocycles. The molecule has 1 atom stereocenters. The zero-order valence-corrected chi connectivity index (χ0v) is 24.1. The third kappa shape index (κ3) is 7.23. The molecular weight excluding hydrogens is 528 g/mol. The molecule has 0 aliphatic rings. The van der Waals surface area contributed by atoms with E-state index in [1.54, 1.807) is 24.3 Å². The Balaban J connectivity index is 1.70. The van der Waals surface area contributed by atoms with Crippen LogP contribution in [0.2, 0.25) is 0 Å². The largest absolute Gasteiger partial charge is 0.449 e. The van der Waals surface area contributed by atoms with E-state index in [1.165, 1.54) is 20.9 Å². The molecule has 2 heterocycles. The van der Waals surface area contributed by atoms with E-state index in [2.05, 4.69) is 20.9 Å². The fraction of sp³-hybridized carbons (Fsp3) is 0.345. The molecule has 210 valence electrons. The second-order valence-electron chi connectivity index (χ2n) is 10.9. The normalized spacial score (nSPS) is 12.2. The summed E-state index contributed by atoms with van der Waals surface area (Å²) >= 11 is 1.44. The number of carbonyl (C=O) groups excluding carboxylic acids is 3. The van der Waals surface area contributed by atoms with Gasteiger partial charge >= 0.3 is 6.09 Å². The smallest absolute Gasteiger partial charge is 0.411 e. The fourth-order valence-corrected chi connectivity index (χ4v) is 4.74. The Morgan fingerprint density at radius 3 is 2.42 bits per heavy atom. The van der Waals surface area contributed by atoms with Crippen molar-refractivity contribution in [2.45, 2.75) is 52.7 Å². The lowest BCUT2D eigenvalue weighted by atomic mass is 10.0. The van der Waals surface area contributed by atoms with Crippen LogP contribution in [0.5, 0.6) is 0 Å². The molecule has 4 rings (SSSR count). The van der Waals surface area contributed by atoms with Crippen molar-refractivity contribution in [1.29, 1.82) is 0 Å². The van der Waals surface area contributed by atoms with Gasteiger partial charge in [-0.2, -0.15) is 11.3 Å². The number of nitrogens with one attached hydrogen (secondary N) is 2. The lowest BCUT2D eigenvalue weighted by Crippen LogP contribution is -2.50. The predicted octanol–water partition coefficient (Wildman–Crippen LogP) is 5.39. The van der Waals surface area contributed by atoms with Gasteiger partial charge in [0.05, 0.1) is 12.1 Å². The molecule has 10 nitrogen and oxygen atoms in total. The Morgan fingerprint density at radius 2 is 1.77 bits per heavy atom. The first kappa shape index (κ1) is 28.8. The van der Waals surface area contributed by atoms with Crippen LogP contribution in [0.4, 0.5) is 16.2 Å². The summed E-state index contributed by atoms with van der Waals surface area (Å²) in [5, 5.41) is 17.8. The van der Waals surface area contributed by atoms with Crippen LogP contribution in [0.1, 0.15) is 46.2 Å². The third-order valence-electron chi connectivity index (χ3n) is 5.78. The van der Waals surface area contributed by atoms with E-state index in [-0.39, 0.29) is 24.3 Å². The van der Waals surface area contributed by atoms with Gasteiger partial charge in [0, 0.05) is 16.9 Å². The Labute approximate surface area is 237 Å². The Bertz CT molecular complexity index is 1460. The number of amides is 3. The number of rotatable bonds is 9. The molecule has 2 N–H and O–H groups in total. The second-order valence-corrected chi connectivity index (χ2v) is 11.6. The van der Waals surface area contributed by atoms with Crippen LogP contribution in [0.3, 0.4) is 0 Å². The summed E-state index contributed by atoms with van der Waals surface area (Å²) in [6, 6.07) is 15.0. The SMILES string of the molecule is CC(C)COC(=O)Nc1ccc(N(C(=O)Cn2nnc3ccccc32)C(C(=O)NC(C)(C)C)c2ccsc2)cc1. The predicted molar refractivity (Wildman–Crippen MR) is 156 cm³/mol. The summed E-state index contributed by atoms with van der Waals surface area (Å²) in [5.41, 5.74) is 2.52. The van der Waals surface area contributed by atoms with E-state index in [0.29, 0.717) is 34.6 Å². The number of carbonyl (C=O) groups is 3. The lowest BCUT2D eigenvalue weighted by molar-refractivity contribution is -0.128. The van der Waals surface area contributed by atoms with Gasteiger partial charge < -0.3 is 10.1 Å². The molecule has 40 heavy (non-hydrogen) atoms. The second kappa shape index (κ2) is 12.3. The van der Waals surface area contributed by atoms with E-state index in [1.807, 2.05) is 75.7 Å². The Morgan fingerprint density at radius 1 is 1.05 bits per heavy atom. The van der Waals surface area contributed by atoms with E-state index in [4.69, 9.17) is 4.74 Å². The summed E-state index contributed by atoms with van der Waals surface area (Å²) in [7, 11) is 0. The maximum atomic E-state index is 14.0. The van der Waals surface area contributed by atoms with Crippen molar-refractivity contribution in [2.75, 3.05) is 16.8 Å². The molecule has 1 unspecified atom stereocenters. The van der Waals surface area contributed by atoms with Gasteiger partial charge in [0.15, 0.2) is 0 Å². The maximum absolute atomic E-state index is 14.0. The Kier molecular flexibility index (Phi) is 8.83. The molecule has 11 heteroatoms. The van der Waals surface area contributed by atoms with Crippen molar-refractivity contribution >= 4 is 51.7 Å². The first-order valence-corrected chi connectivity index (χ1v) is 13.9. The summed E-state index contributed by atoms with van der Waals surface area (Å²) in [5.74, 6) is -0.460. The van der Waals surface area contributed by atoms with Crippen LogP contribution in [-0.2, 0) is 20.9 Å². The molecule has 0 fully saturated rings. The number of benzene rings is 2. The lowest BCUT2D eigenvalue weighted by Gasteiger charge is -2.33. The first-order chi connectivity index (χ1) is 19.0. The van der Waals surface area contributed by atoms with Gasteiger partial charge in [-0.05, 0) is 85.5 Å². The number of aromatic nitrogens is 3. The van der Waals surface area contributed by atoms with Crippen molar-refractivity contribution in [3.05, 3.63) is 70.9 Å². The molecule has 0 radical (unpaired) electrons. The number of hydrogen-bond donors (Lipinski definition) is 2. The minimum Gasteiger partial charge on any atom is -0.449 e. The summed E-state index contributed by atoms with van der Waals surface area (Å²) in [6.07, 6.45) is -0.562. The van der Waals surface area contributed by atoms with E-state index in [0.717, 1.165) is 0 Å². The molecule has 0 aliphatic carbocycles. The van der Waals surface area contributed by atoms with Gasteiger partial charge in [-0.3, -0.25) is 19.8 Å². The van der Waals surface area contributed by atoms with Gasteiger partial charge in [0.1, 0.15) is 18.1 Å². The summed E-state index contributed by atoms with van der Waals surface area (Å²) in [6.45, 7) is 9.75. The fourth-order valence-electron chi connectivity index (χ4n) is 4.06. The number of para-hydroxylation sites is 1. The first-order valence-electron chi connectivity index (χ1n) is 13.0. The van der Waals surface area contributed by atoms with Crippen LogP contribution < -0.4 is 15.5 Å². The highest BCUT2D eigenvalue weighted by molar-refractivity contribution is 7.08. The monoisotopic (exact) mass is 562 g/mol. The van der Waals surface area contributed by atoms with Crippen LogP contribution in [-0.4, -0.2) is 45.0 Å². The van der Waals surface area contributed by atoms with Crippen molar-refractivity contribution < 1.29 is 19.1 Å². The average molecular weight is 563 g/mol. The van der Waals surface area contributed by atoms with Crippen molar-refractivity contribution in [1.82, 2.24) is 20.3 Å². The zero-order valence-electron chi connectivity index (χ0n) is 23.2. The summed E-state index contributed by atoms with van der Waals surface area (Å²) < 4.78 is 6.73. The van der Waals surface area contributed by atoms with Crippen molar-refractivity contribution in [2.24, 2.45) is 5.92 Å². The molecule has 0 spiro atoms. The minimum atomic E-state index is -0.942. The van der Waals surface area contributed by atoms with E-state index >= 15 is 0 Å². The number of thiophene rings is 1. The molecule has 0 aliphatic heterocycles. The standard InChI is InChI=1S/C29H34N6O4S/c1-19(2)17-39-28(38)30-21-10-12-22(13-11-21)35(25(36)16-34-24-9-7-6-8-23(24)32-33-34)26(20-14-15-40-18-20)27(37)31-29(3,4)5/h6-15,18-19,26H,16-17H2,1-5H3,(H,30,38)(H,31,37).